The van der Waals surface area contributed by atoms with Crippen molar-refractivity contribution in [2.24, 2.45) is 0 Å². The minimum atomic E-state index is -4.11. The molecule has 3 aromatic carbocycles. The highest BCUT2D eigenvalue weighted by atomic mass is 35.5. The van der Waals surface area contributed by atoms with Gasteiger partial charge in [-0.15, -0.1) is 0 Å². The van der Waals surface area contributed by atoms with Gasteiger partial charge in [0.2, 0.25) is 11.8 Å². The number of sulfonamides is 1. The monoisotopic (exact) mass is 555 g/mol. The number of benzene rings is 3. The molecule has 1 unspecified atom stereocenters. The summed E-state index contributed by atoms with van der Waals surface area (Å²) in [6, 6.07) is 23.0. The summed E-state index contributed by atoms with van der Waals surface area (Å²) in [5, 5.41) is 3.32. The van der Waals surface area contributed by atoms with Crippen molar-refractivity contribution in [3.63, 3.8) is 0 Å². The lowest BCUT2D eigenvalue weighted by atomic mass is 10.1. The van der Waals surface area contributed by atoms with Gasteiger partial charge in [-0.3, -0.25) is 13.9 Å². The predicted octanol–water partition coefficient (Wildman–Crippen LogP) is 4.91. The van der Waals surface area contributed by atoms with Gasteiger partial charge in [0.05, 0.1) is 10.6 Å². The molecule has 0 aliphatic heterocycles. The van der Waals surface area contributed by atoms with E-state index >= 15 is 0 Å². The Morgan fingerprint density at radius 1 is 0.895 bits per heavy atom. The van der Waals surface area contributed by atoms with Crippen LogP contribution in [0.2, 0.25) is 5.02 Å². The normalized spacial score (nSPS) is 12.4. The molecule has 0 aromatic heterocycles. The van der Waals surface area contributed by atoms with Crippen molar-refractivity contribution < 1.29 is 18.0 Å². The van der Waals surface area contributed by atoms with E-state index < -0.39 is 34.1 Å². The van der Waals surface area contributed by atoms with Crippen LogP contribution < -0.4 is 9.62 Å². The smallest absolute Gasteiger partial charge is 0.264 e. The Kier molecular flexibility index (Phi) is 9.57. The Morgan fingerprint density at radius 2 is 1.45 bits per heavy atom. The molecule has 0 aliphatic rings. The second-order valence-electron chi connectivity index (χ2n) is 10.0. The van der Waals surface area contributed by atoms with Gasteiger partial charge in [0, 0.05) is 17.1 Å². The SMILES string of the molecule is CC(C(=O)NC(C)(C)C)N(CCc1ccccc1)C(=O)CN(c1ccccc1)S(=O)(=O)c1ccc(Cl)cc1. The van der Waals surface area contributed by atoms with Gasteiger partial charge in [0.1, 0.15) is 12.6 Å². The van der Waals surface area contributed by atoms with Crippen LogP contribution >= 0.6 is 11.6 Å². The molecule has 202 valence electrons. The van der Waals surface area contributed by atoms with Gasteiger partial charge in [-0.05, 0) is 76.1 Å². The fraction of sp³-hybridized carbons (Fsp3) is 0.310. The highest BCUT2D eigenvalue weighted by Crippen LogP contribution is 2.25. The molecule has 0 spiro atoms. The first-order chi connectivity index (χ1) is 17.9. The van der Waals surface area contributed by atoms with E-state index in [1.807, 2.05) is 51.1 Å². The number of hydrogen-bond donors (Lipinski definition) is 1. The number of nitrogens with one attached hydrogen (secondary N) is 1. The summed E-state index contributed by atoms with van der Waals surface area (Å²) in [7, 11) is -4.11. The third-order valence-electron chi connectivity index (χ3n) is 5.87. The van der Waals surface area contributed by atoms with Crippen LogP contribution in [-0.2, 0) is 26.0 Å². The second-order valence-corrected chi connectivity index (χ2v) is 12.3. The van der Waals surface area contributed by atoms with Crippen LogP contribution in [0.4, 0.5) is 5.69 Å². The molecular formula is C29H34ClN3O4S. The predicted molar refractivity (Wildman–Crippen MR) is 152 cm³/mol. The van der Waals surface area contributed by atoms with E-state index in [-0.39, 0.29) is 17.3 Å². The van der Waals surface area contributed by atoms with Gasteiger partial charge in [-0.1, -0.05) is 60.1 Å². The minimum Gasteiger partial charge on any atom is -0.350 e. The Bertz CT molecular complexity index is 1330. The summed E-state index contributed by atoms with van der Waals surface area (Å²) >= 11 is 5.97. The van der Waals surface area contributed by atoms with Gasteiger partial charge < -0.3 is 10.2 Å². The molecule has 38 heavy (non-hydrogen) atoms. The molecule has 0 heterocycles. The number of anilines is 1. The van der Waals surface area contributed by atoms with Gasteiger partial charge in [0.15, 0.2) is 0 Å². The average Bonchev–Trinajstić information content (AvgIpc) is 2.87. The van der Waals surface area contributed by atoms with E-state index in [0.717, 1.165) is 9.87 Å². The number of amides is 2. The van der Waals surface area contributed by atoms with E-state index in [9.17, 15) is 18.0 Å². The third-order valence-corrected chi connectivity index (χ3v) is 7.91. The molecule has 0 fully saturated rings. The van der Waals surface area contributed by atoms with Crippen molar-refractivity contribution in [3.8, 4) is 0 Å². The fourth-order valence-corrected chi connectivity index (χ4v) is 5.44. The first-order valence-electron chi connectivity index (χ1n) is 12.4. The van der Waals surface area contributed by atoms with E-state index in [2.05, 4.69) is 5.32 Å². The molecule has 0 saturated carbocycles. The first kappa shape index (κ1) is 29.2. The van der Waals surface area contributed by atoms with Crippen LogP contribution in [0, 0.1) is 0 Å². The zero-order valence-corrected chi connectivity index (χ0v) is 23.7. The largest absolute Gasteiger partial charge is 0.350 e. The molecule has 7 nitrogen and oxygen atoms in total. The number of nitrogens with zero attached hydrogens (tertiary/aromatic N) is 2. The molecule has 2 amide bonds. The number of para-hydroxylation sites is 1. The van der Waals surface area contributed by atoms with Crippen molar-refractivity contribution in [2.75, 3.05) is 17.4 Å². The molecule has 0 bridgehead atoms. The van der Waals surface area contributed by atoms with Crippen LogP contribution in [0.15, 0.2) is 89.8 Å². The Hall–Kier alpha value is -3.36. The lowest BCUT2D eigenvalue weighted by Crippen LogP contribution is -2.55. The lowest BCUT2D eigenvalue weighted by molar-refractivity contribution is -0.139. The minimum absolute atomic E-state index is 0.00733. The van der Waals surface area contributed by atoms with Gasteiger partial charge in [0.25, 0.3) is 10.0 Å². The van der Waals surface area contributed by atoms with Crippen molar-refractivity contribution in [1.82, 2.24) is 10.2 Å². The maximum atomic E-state index is 13.8. The van der Waals surface area contributed by atoms with E-state index in [1.165, 1.54) is 29.2 Å². The van der Waals surface area contributed by atoms with Gasteiger partial charge in [-0.2, -0.15) is 0 Å². The lowest BCUT2D eigenvalue weighted by Gasteiger charge is -2.33. The highest BCUT2D eigenvalue weighted by Gasteiger charge is 2.33. The quantitative estimate of drug-likeness (QED) is 0.385. The summed E-state index contributed by atoms with van der Waals surface area (Å²) in [5.74, 6) is -0.801. The zero-order valence-electron chi connectivity index (χ0n) is 22.1. The summed E-state index contributed by atoms with van der Waals surface area (Å²) < 4.78 is 28.5. The van der Waals surface area contributed by atoms with E-state index in [1.54, 1.807) is 37.3 Å². The molecule has 0 aliphatic carbocycles. The third kappa shape index (κ3) is 7.82. The van der Waals surface area contributed by atoms with Crippen LogP contribution in [0.1, 0.15) is 33.3 Å². The van der Waals surface area contributed by atoms with Crippen molar-refractivity contribution in [3.05, 3.63) is 95.5 Å². The summed E-state index contributed by atoms with van der Waals surface area (Å²) in [6.45, 7) is 7.02. The second kappa shape index (κ2) is 12.5. The van der Waals surface area contributed by atoms with E-state index in [4.69, 9.17) is 11.6 Å². The molecular weight excluding hydrogens is 522 g/mol. The fourth-order valence-electron chi connectivity index (χ4n) is 3.90. The first-order valence-corrected chi connectivity index (χ1v) is 14.2. The average molecular weight is 556 g/mol. The summed E-state index contributed by atoms with van der Waals surface area (Å²) in [4.78, 5) is 28.3. The van der Waals surface area contributed by atoms with Crippen molar-refractivity contribution in [2.45, 2.75) is 50.6 Å². The van der Waals surface area contributed by atoms with Crippen LogP contribution in [0.5, 0.6) is 0 Å². The standard InChI is InChI=1S/C29H34ClN3O4S/c1-22(28(35)31-29(2,3)4)32(20-19-23-11-7-5-8-12-23)27(34)21-33(25-13-9-6-10-14-25)38(36,37)26-17-15-24(30)16-18-26/h5-18,22H,19-21H2,1-4H3,(H,31,35). The van der Waals surface area contributed by atoms with Gasteiger partial charge >= 0.3 is 0 Å². The molecule has 1 N–H and O–H groups in total. The number of hydrogen-bond acceptors (Lipinski definition) is 4. The van der Waals surface area contributed by atoms with E-state index in [0.29, 0.717) is 17.1 Å². The van der Waals surface area contributed by atoms with Crippen LogP contribution in [0.3, 0.4) is 0 Å². The molecule has 1 atom stereocenters. The van der Waals surface area contributed by atoms with Crippen LogP contribution in [-0.4, -0.2) is 49.8 Å². The maximum Gasteiger partial charge on any atom is 0.264 e. The summed E-state index contributed by atoms with van der Waals surface area (Å²) in [5.41, 5.74) is 0.848. The molecule has 3 aromatic rings. The summed E-state index contributed by atoms with van der Waals surface area (Å²) in [6.07, 6.45) is 0.509. The Labute approximate surface area is 230 Å². The van der Waals surface area contributed by atoms with Gasteiger partial charge in [-0.25, -0.2) is 8.42 Å². The number of rotatable bonds is 10. The Morgan fingerprint density at radius 3 is 2.00 bits per heavy atom. The topological polar surface area (TPSA) is 86.8 Å². The molecule has 0 radical (unpaired) electrons. The van der Waals surface area contributed by atoms with Crippen molar-refractivity contribution in [1.29, 1.82) is 0 Å². The Balaban J connectivity index is 1.95. The zero-order chi connectivity index (χ0) is 27.9. The number of halogens is 1. The molecule has 0 saturated heterocycles. The molecule has 9 heteroatoms. The van der Waals surface area contributed by atoms with Crippen molar-refractivity contribution >= 4 is 39.1 Å². The van der Waals surface area contributed by atoms with Crippen LogP contribution in [0.25, 0.3) is 0 Å². The maximum absolute atomic E-state index is 13.8. The highest BCUT2D eigenvalue weighted by molar-refractivity contribution is 7.92. The number of carbonyl (C=O) groups is 2. The molecule has 3 rings (SSSR count). The number of carbonyl (C=O) groups excluding carboxylic acids is 2.